The molecule has 1 aliphatic rings. The van der Waals surface area contributed by atoms with Crippen molar-refractivity contribution in [1.29, 1.82) is 0 Å². The van der Waals surface area contributed by atoms with Gasteiger partial charge in [0.25, 0.3) is 0 Å². The van der Waals surface area contributed by atoms with Gasteiger partial charge >= 0.3 is 0 Å². The summed E-state index contributed by atoms with van der Waals surface area (Å²) in [6.45, 7) is 2.82. The molecule has 1 aliphatic heterocycles. The highest BCUT2D eigenvalue weighted by molar-refractivity contribution is 5.75. The molecule has 1 N–H and O–H groups in total. The first-order valence-electron chi connectivity index (χ1n) is 8.91. The number of aryl methyl sites for hydroxylation is 2. The Labute approximate surface area is 147 Å². The van der Waals surface area contributed by atoms with Crippen molar-refractivity contribution < 1.29 is 5.11 Å². The molecule has 0 aliphatic carbocycles. The number of para-hydroxylation sites is 2. The van der Waals surface area contributed by atoms with Gasteiger partial charge in [0, 0.05) is 26.5 Å². The Hall–Kier alpha value is -2.18. The molecular weight excluding hydrogens is 314 g/mol. The van der Waals surface area contributed by atoms with Gasteiger partial charge in [0.05, 0.1) is 17.6 Å². The SMILES string of the molecule is Cn1ccnc1C(O)C1CCN(Cc2nc3ccccc3n2C)CC1. The van der Waals surface area contributed by atoms with Gasteiger partial charge in [-0.25, -0.2) is 9.97 Å². The Morgan fingerprint density at radius 1 is 1.20 bits per heavy atom. The standard InChI is InChI=1S/C19H25N5O/c1-22-12-9-20-19(22)18(25)14-7-10-24(11-8-14)13-17-21-15-5-3-4-6-16(15)23(17)2/h3-6,9,12,14,18,25H,7-8,10-11,13H2,1-2H3. The minimum absolute atomic E-state index is 0.276. The normalized spacial score (nSPS) is 18.0. The van der Waals surface area contributed by atoms with Gasteiger partial charge in [-0.1, -0.05) is 12.1 Å². The van der Waals surface area contributed by atoms with Gasteiger partial charge in [-0.2, -0.15) is 0 Å². The van der Waals surface area contributed by atoms with Crippen LogP contribution in [-0.4, -0.2) is 42.2 Å². The van der Waals surface area contributed by atoms with E-state index in [1.807, 2.05) is 23.9 Å². The first-order chi connectivity index (χ1) is 12.1. The van der Waals surface area contributed by atoms with E-state index in [4.69, 9.17) is 4.98 Å². The zero-order valence-corrected chi connectivity index (χ0v) is 14.8. The van der Waals surface area contributed by atoms with Crippen molar-refractivity contribution in [2.24, 2.45) is 20.0 Å². The van der Waals surface area contributed by atoms with Crippen LogP contribution in [0.4, 0.5) is 0 Å². The molecule has 6 nitrogen and oxygen atoms in total. The van der Waals surface area contributed by atoms with Crippen LogP contribution in [0.1, 0.15) is 30.6 Å². The summed E-state index contributed by atoms with van der Waals surface area (Å²) in [7, 11) is 4.02. The Bertz CT molecular complexity index is 860. The van der Waals surface area contributed by atoms with Crippen molar-refractivity contribution >= 4 is 11.0 Å². The topological polar surface area (TPSA) is 59.1 Å². The van der Waals surface area contributed by atoms with Crippen LogP contribution in [-0.2, 0) is 20.6 Å². The minimum atomic E-state index is -0.474. The van der Waals surface area contributed by atoms with E-state index in [1.165, 1.54) is 5.52 Å². The second-order valence-electron chi connectivity index (χ2n) is 7.03. The summed E-state index contributed by atoms with van der Waals surface area (Å²) < 4.78 is 4.10. The lowest BCUT2D eigenvalue weighted by Crippen LogP contribution is -2.36. The van der Waals surface area contributed by atoms with Gasteiger partial charge in [0.1, 0.15) is 17.8 Å². The number of nitrogens with zero attached hydrogens (tertiary/aromatic N) is 5. The maximum atomic E-state index is 10.6. The molecule has 6 heteroatoms. The largest absolute Gasteiger partial charge is 0.385 e. The average molecular weight is 339 g/mol. The lowest BCUT2D eigenvalue weighted by molar-refractivity contribution is 0.0484. The summed E-state index contributed by atoms with van der Waals surface area (Å²) in [6.07, 6.45) is 5.13. The fourth-order valence-electron chi connectivity index (χ4n) is 3.84. The molecule has 0 amide bonds. The van der Waals surface area contributed by atoms with Gasteiger partial charge in [-0.3, -0.25) is 4.90 Å². The first kappa shape index (κ1) is 16.3. The van der Waals surface area contributed by atoms with E-state index in [0.717, 1.165) is 49.6 Å². The quantitative estimate of drug-likeness (QED) is 0.792. The van der Waals surface area contributed by atoms with Crippen molar-refractivity contribution in [2.75, 3.05) is 13.1 Å². The monoisotopic (exact) mass is 339 g/mol. The molecule has 25 heavy (non-hydrogen) atoms. The van der Waals surface area contributed by atoms with Gasteiger partial charge < -0.3 is 14.2 Å². The number of fused-ring (bicyclic) bond motifs is 1. The summed E-state index contributed by atoms with van der Waals surface area (Å²) in [5.41, 5.74) is 2.23. The highest BCUT2D eigenvalue weighted by Crippen LogP contribution is 2.30. The van der Waals surface area contributed by atoms with E-state index >= 15 is 0 Å². The minimum Gasteiger partial charge on any atom is -0.385 e. The maximum Gasteiger partial charge on any atom is 0.137 e. The zero-order chi connectivity index (χ0) is 17.4. The van der Waals surface area contributed by atoms with Crippen molar-refractivity contribution in [3.63, 3.8) is 0 Å². The van der Waals surface area contributed by atoms with Crippen molar-refractivity contribution in [2.45, 2.75) is 25.5 Å². The second-order valence-corrected chi connectivity index (χ2v) is 7.03. The Morgan fingerprint density at radius 2 is 1.96 bits per heavy atom. The van der Waals surface area contributed by atoms with Crippen LogP contribution in [0.15, 0.2) is 36.7 Å². The van der Waals surface area contributed by atoms with E-state index in [-0.39, 0.29) is 5.92 Å². The van der Waals surface area contributed by atoms with Gasteiger partial charge in [-0.15, -0.1) is 0 Å². The molecule has 4 rings (SSSR count). The third-order valence-corrected chi connectivity index (χ3v) is 5.45. The van der Waals surface area contributed by atoms with Crippen molar-refractivity contribution in [1.82, 2.24) is 24.0 Å². The number of imidazole rings is 2. The average Bonchev–Trinajstić information content (AvgIpc) is 3.19. The molecule has 1 aromatic carbocycles. The van der Waals surface area contributed by atoms with Crippen LogP contribution in [0.2, 0.25) is 0 Å². The highest BCUT2D eigenvalue weighted by Gasteiger charge is 2.28. The molecule has 0 spiro atoms. The van der Waals surface area contributed by atoms with Crippen molar-refractivity contribution in [3.05, 3.63) is 48.3 Å². The van der Waals surface area contributed by atoms with E-state index in [0.29, 0.717) is 0 Å². The summed E-state index contributed by atoms with van der Waals surface area (Å²) in [4.78, 5) is 11.5. The van der Waals surface area contributed by atoms with Crippen LogP contribution >= 0.6 is 0 Å². The lowest BCUT2D eigenvalue weighted by Gasteiger charge is -2.33. The van der Waals surface area contributed by atoms with Gasteiger partial charge in [0.2, 0.25) is 0 Å². The number of piperidine rings is 1. The molecule has 0 bridgehead atoms. The lowest BCUT2D eigenvalue weighted by atomic mass is 9.90. The van der Waals surface area contributed by atoms with Crippen LogP contribution in [0.25, 0.3) is 11.0 Å². The molecular formula is C19H25N5O. The number of hydrogen-bond donors (Lipinski definition) is 1. The Balaban J connectivity index is 1.40. The summed E-state index contributed by atoms with van der Waals surface area (Å²) >= 11 is 0. The predicted octanol–water partition coefficient (Wildman–Crippen LogP) is 2.25. The van der Waals surface area contributed by atoms with Crippen LogP contribution in [0, 0.1) is 5.92 Å². The number of benzene rings is 1. The number of likely N-dealkylation sites (tertiary alicyclic amines) is 1. The number of hydrogen-bond acceptors (Lipinski definition) is 4. The van der Waals surface area contributed by atoms with Crippen molar-refractivity contribution in [3.8, 4) is 0 Å². The maximum absolute atomic E-state index is 10.6. The molecule has 0 saturated carbocycles. The number of aromatic nitrogens is 4. The molecule has 3 aromatic rings. The fourth-order valence-corrected chi connectivity index (χ4v) is 3.84. The molecule has 1 atom stereocenters. The molecule has 2 aromatic heterocycles. The first-order valence-corrected chi connectivity index (χ1v) is 8.91. The van der Waals surface area contributed by atoms with E-state index in [1.54, 1.807) is 6.20 Å². The zero-order valence-electron chi connectivity index (χ0n) is 14.8. The summed E-state index contributed by atoms with van der Waals surface area (Å²) in [6, 6.07) is 8.26. The Morgan fingerprint density at radius 3 is 2.64 bits per heavy atom. The molecule has 1 unspecified atom stereocenters. The Kier molecular flexibility index (Phi) is 4.31. The number of aliphatic hydroxyl groups excluding tert-OH is 1. The molecule has 0 radical (unpaired) electrons. The summed E-state index contributed by atoms with van der Waals surface area (Å²) in [5.74, 6) is 2.15. The van der Waals surface area contributed by atoms with Crippen LogP contribution < -0.4 is 0 Å². The third kappa shape index (κ3) is 3.07. The van der Waals surface area contributed by atoms with Crippen LogP contribution in [0.3, 0.4) is 0 Å². The molecule has 3 heterocycles. The van der Waals surface area contributed by atoms with E-state index in [9.17, 15) is 5.11 Å². The number of rotatable bonds is 4. The predicted molar refractivity (Wildman–Crippen MR) is 96.9 cm³/mol. The number of aliphatic hydroxyl groups is 1. The van der Waals surface area contributed by atoms with Crippen LogP contribution in [0.5, 0.6) is 0 Å². The summed E-state index contributed by atoms with van der Waals surface area (Å²) in [5, 5.41) is 10.6. The van der Waals surface area contributed by atoms with Gasteiger partial charge in [0.15, 0.2) is 0 Å². The smallest absolute Gasteiger partial charge is 0.137 e. The molecule has 1 saturated heterocycles. The highest BCUT2D eigenvalue weighted by atomic mass is 16.3. The van der Waals surface area contributed by atoms with Gasteiger partial charge in [-0.05, 0) is 44.0 Å². The second kappa shape index (κ2) is 6.61. The van der Waals surface area contributed by atoms with E-state index in [2.05, 4.69) is 39.7 Å². The third-order valence-electron chi connectivity index (χ3n) is 5.45. The van der Waals surface area contributed by atoms with E-state index < -0.39 is 6.10 Å². The molecule has 132 valence electrons. The molecule has 1 fully saturated rings. The fraction of sp³-hybridized carbons (Fsp3) is 0.474.